The number of hydrogen-bond acceptors (Lipinski definition) is 9. The predicted octanol–water partition coefficient (Wildman–Crippen LogP) is 1.76. The minimum absolute atomic E-state index is 0.199. The maximum atomic E-state index is 13.4. The lowest BCUT2D eigenvalue weighted by Gasteiger charge is -2.33. The molecule has 1 fully saturated rings. The molecule has 0 bridgehead atoms. The molecule has 0 radical (unpaired) electrons. The monoisotopic (exact) mass is 490 g/mol. The molecular formula is C25H26N6O5. The molecule has 2 aliphatic heterocycles. The van der Waals surface area contributed by atoms with Crippen LogP contribution in [0.2, 0.25) is 0 Å². The van der Waals surface area contributed by atoms with Crippen molar-refractivity contribution in [1.82, 2.24) is 30.1 Å². The number of aromatic nitrogens is 5. The van der Waals surface area contributed by atoms with Crippen LogP contribution in [0.15, 0.2) is 47.3 Å². The van der Waals surface area contributed by atoms with Gasteiger partial charge in [0, 0.05) is 30.1 Å². The Hall–Kier alpha value is -3.96. The zero-order valence-electron chi connectivity index (χ0n) is 19.8. The molecule has 1 saturated heterocycles. The fourth-order valence-corrected chi connectivity index (χ4v) is 4.72. The van der Waals surface area contributed by atoms with Gasteiger partial charge in [0.2, 0.25) is 0 Å². The second-order valence-corrected chi connectivity index (χ2v) is 8.73. The van der Waals surface area contributed by atoms with Crippen LogP contribution in [0.4, 0.5) is 0 Å². The first kappa shape index (κ1) is 22.5. The van der Waals surface area contributed by atoms with Crippen LogP contribution in [0.25, 0.3) is 10.9 Å². The molecule has 0 saturated carbocycles. The third-order valence-electron chi connectivity index (χ3n) is 6.54. The number of nitrogens with one attached hydrogen (secondary N) is 1. The summed E-state index contributed by atoms with van der Waals surface area (Å²) in [6.45, 7) is 3.87. The lowest BCUT2D eigenvalue weighted by molar-refractivity contribution is 0.0214. The van der Waals surface area contributed by atoms with Gasteiger partial charge in [-0.2, -0.15) is 0 Å². The van der Waals surface area contributed by atoms with Crippen LogP contribution in [0.3, 0.4) is 0 Å². The minimum Gasteiger partial charge on any atom is -0.497 e. The number of pyridine rings is 1. The Morgan fingerprint density at radius 3 is 2.53 bits per heavy atom. The van der Waals surface area contributed by atoms with Crippen LogP contribution in [0, 0.1) is 0 Å². The van der Waals surface area contributed by atoms with E-state index >= 15 is 0 Å². The molecule has 2 aromatic heterocycles. The second-order valence-electron chi connectivity index (χ2n) is 8.73. The lowest BCUT2D eigenvalue weighted by Crippen LogP contribution is -2.42. The summed E-state index contributed by atoms with van der Waals surface area (Å²) < 4.78 is 24.0. The summed E-state index contributed by atoms with van der Waals surface area (Å²) in [5.41, 5.74) is 2.06. The molecule has 4 aromatic rings. The smallest absolute Gasteiger partial charge is 0.253 e. The van der Waals surface area contributed by atoms with Crippen LogP contribution in [0.5, 0.6) is 17.2 Å². The zero-order chi connectivity index (χ0) is 24.5. The van der Waals surface area contributed by atoms with Crippen molar-refractivity contribution < 1.29 is 18.9 Å². The Morgan fingerprint density at radius 2 is 1.78 bits per heavy atom. The highest BCUT2D eigenvalue weighted by Gasteiger charge is 2.32. The van der Waals surface area contributed by atoms with E-state index in [1.807, 2.05) is 42.5 Å². The number of tetrazole rings is 1. The van der Waals surface area contributed by atoms with Gasteiger partial charge in [0.25, 0.3) is 5.56 Å². The van der Waals surface area contributed by atoms with Gasteiger partial charge in [0.15, 0.2) is 17.3 Å². The Kier molecular flexibility index (Phi) is 5.99. The van der Waals surface area contributed by atoms with Crippen molar-refractivity contribution in [2.45, 2.75) is 12.6 Å². The summed E-state index contributed by atoms with van der Waals surface area (Å²) in [6.07, 6.45) is 0. The number of aromatic amines is 1. The number of ether oxygens (including phenoxy) is 4. The van der Waals surface area contributed by atoms with Gasteiger partial charge in [0.1, 0.15) is 25.0 Å². The van der Waals surface area contributed by atoms with Crippen LogP contribution in [-0.2, 0) is 11.3 Å². The molecule has 11 heteroatoms. The first-order chi connectivity index (χ1) is 17.7. The number of fused-ring (bicyclic) bond motifs is 2. The largest absolute Gasteiger partial charge is 0.497 e. The summed E-state index contributed by atoms with van der Waals surface area (Å²) >= 11 is 0. The molecule has 6 rings (SSSR count). The van der Waals surface area contributed by atoms with Gasteiger partial charge in [0.05, 0.1) is 32.4 Å². The van der Waals surface area contributed by atoms with E-state index in [-0.39, 0.29) is 5.56 Å². The number of benzene rings is 2. The quantitative estimate of drug-likeness (QED) is 0.432. The van der Waals surface area contributed by atoms with Crippen molar-refractivity contribution in [3.05, 3.63) is 69.8 Å². The van der Waals surface area contributed by atoms with Crippen molar-refractivity contribution in [2.24, 2.45) is 0 Å². The maximum Gasteiger partial charge on any atom is 0.253 e. The van der Waals surface area contributed by atoms with E-state index in [4.69, 9.17) is 18.9 Å². The molecule has 0 amide bonds. The highest BCUT2D eigenvalue weighted by molar-refractivity contribution is 5.83. The van der Waals surface area contributed by atoms with Gasteiger partial charge in [-0.15, -0.1) is 5.10 Å². The van der Waals surface area contributed by atoms with E-state index < -0.39 is 6.04 Å². The highest BCUT2D eigenvalue weighted by Crippen LogP contribution is 2.35. The van der Waals surface area contributed by atoms with E-state index in [2.05, 4.69) is 25.4 Å². The van der Waals surface area contributed by atoms with Crippen LogP contribution in [0.1, 0.15) is 23.0 Å². The van der Waals surface area contributed by atoms with Gasteiger partial charge < -0.3 is 23.9 Å². The SMILES string of the molecule is COc1ccc(Cn2nnnc2C(c2cc3cc4c(cc3[nH]c2=O)OCCO4)N2CCOCC2)cc1. The Morgan fingerprint density at radius 1 is 1.03 bits per heavy atom. The first-order valence-electron chi connectivity index (χ1n) is 11.9. The summed E-state index contributed by atoms with van der Waals surface area (Å²) in [4.78, 5) is 18.7. The molecule has 0 spiro atoms. The lowest BCUT2D eigenvalue weighted by atomic mass is 10.0. The third kappa shape index (κ3) is 4.27. The average molecular weight is 491 g/mol. The molecule has 2 aliphatic rings. The number of hydrogen-bond donors (Lipinski definition) is 1. The number of nitrogens with zero attached hydrogens (tertiary/aromatic N) is 5. The van der Waals surface area contributed by atoms with Gasteiger partial charge >= 0.3 is 0 Å². The molecule has 1 atom stereocenters. The summed E-state index contributed by atoms with van der Waals surface area (Å²) in [6, 6.07) is 12.9. The first-order valence-corrected chi connectivity index (χ1v) is 11.9. The predicted molar refractivity (Wildman–Crippen MR) is 130 cm³/mol. The number of methoxy groups -OCH3 is 1. The van der Waals surface area contributed by atoms with E-state index in [0.717, 1.165) is 16.7 Å². The number of H-pyrrole nitrogens is 1. The van der Waals surface area contributed by atoms with Crippen molar-refractivity contribution in [1.29, 1.82) is 0 Å². The highest BCUT2D eigenvalue weighted by atomic mass is 16.6. The van der Waals surface area contributed by atoms with Crippen molar-refractivity contribution in [2.75, 3.05) is 46.6 Å². The van der Waals surface area contributed by atoms with Gasteiger partial charge in [-0.25, -0.2) is 4.68 Å². The summed E-state index contributed by atoms with van der Waals surface area (Å²) in [5, 5.41) is 13.5. The van der Waals surface area contributed by atoms with Crippen molar-refractivity contribution >= 4 is 10.9 Å². The summed E-state index contributed by atoms with van der Waals surface area (Å²) in [7, 11) is 1.64. The van der Waals surface area contributed by atoms with Crippen LogP contribution >= 0.6 is 0 Å². The van der Waals surface area contributed by atoms with E-state index in [1.165, 1.54) is 0 Å². The van der Waals surface area contributed by atoms with Crippen molar-refractivity contribution in [3.63, 3.8) is 0 Å². The molecule has 1 N–H and O–H groups in total. The molecule has 36 heavy (non-hydrogen) atoms. The average Bonchev–Trinajstić information content (AvgIpc) is 3.36. The maximum absolute atomic E-state index is 13.4. The van der Waals surface area contributed by atoms with Gasteiger partial charge in [-0.05, 0) is 40.3 Å². The molecule has 2 aromatic carbocycles. The molecule has 1 unspecified atom stereocenters. The van der Waals surface area contributed by atoms with E-state index in [1.54, 1.807) is 11.8 Å². The number of morpholine rings is 1. The van der Waals surface area contributed by atoms with Gasteiger partial charge in [-0.3, -0.25) is 9.69 Å². The zero-order valence-corrected chi connectivity index (χ0v) is 19.8. The van der Waals surface area contributed by atoms with E-state index in [0.29, 0.717) is 74.5 Å². The van der Waals surface area contributed by atoms with Crippen LogP contribution < -0.4 is 19.8 Å². The fourth-order valence-electron chi connectivity index (χ4n) is 4.72. The van der Waals surface area contributed by atoms with Crippen molar-refractivity contribution in [3.8, 4) is 17.2 Å². The molecular weight excluding hydrogens is 464 g/mol. The number of rotatable bonds is 6. The molecule has 0 aliphatic carbocycles. The normalized spacial score (nSPS) is 16.7. The van der Waals surface area contributed by atoms with Crippen LogP contribution in [-0.4, -0.2) is 76.7 Å². The Balaban J connectivity index is 1.43. The van der Waals surface area contributed by atoms with Gasteiger partial charge in [-0.1, -0.05) is 12.1 Å². The molecule has 4 heterocycles. The topological polar surface area (TPSA) is 117 Å². The standard InChI is InChI=1S/C25H26N6O5/c1-33-18-4-2-16(3-5-18)15-31-24(27-28-29-31)23(30-6-8-34-9-7-30)19-12-17-13-21-22(36-11-10-35-21)14-20(17)26-25(19)32/h2-5,12-14,23H,6-11,15H2,1H3,(H,26,32). The molecule has 186 valence electrons. The van der Waals surface area contributed by atoms with E-state index in [9.17, 15) is 4.79 Å². The second kappa shape index (κ2) is 9.59. The minimum atomic E-state index is -0.455. The third-order valence-corrected chi connectivity index (χ3v) is 6.54. The molecule has 11 nitrogen and oxygen atoms in total. The Bertz CT molecular complexity index is 1430. The fraction of sp³-hybridized carbons (Fsp3) is 0.360. The summed E-state index contributed by atoms with van der Waals surface area (Å²) in [5.74, 6) is 2.67. The Labute approximate surface area is 206 Å².